The molecule has 2 fully saturated rings. The Bertz CT molecular complexity index is 891. The lowest BCUT2D eigenvalue weighted by atomic mass is 9.98. The van der Waals surface area contributed by atoms with Gasteiger partial charge in [0, 0.05) is 12.8 Å². The van der Waals surface area contributed by atoms with E-state index in [-0.39, 0.29) is 12.8 Å². The van der Waals surface area contributed by atoms with Gasteiger partial charge in [-0.1, -0.05) is 117 Å². The van der Waals surface area contributed by atoms with Crippen LogP contribution in [0.5, 0.6) is 0 Å². The molecule has 2 saturated heterocycles. The minimum atomic E-state index is -2.29. The van der Waals surface area contributed by atoms with Crippen molar-refractivity contribution in [2.75, 3.05) is 19.8 Å². The highest BCUT2D eigenvalue weighted by Gasteiger charge is 2.60. The summed E-state index contributed by atoms with van der Waals surface area (Å²) in [6.07, 6.45) is 6.57. The van der Waals surface area contributed by atoms with E-state index in [0.717, 1.165) is 44.9 Å². The van der Waals surface area contributed by atoms with E-state index in [1.165, 1.54) is 57.8 Å². The van der Waals surface area contributed by atoms with Crippen molar-refractivity contribution in [1.82, 2.24) is 0 Å². The van der Waals surface area contributed by atoms with E-state index in [4.69, 9.17) is 23.7 Å². The SMILES string of the molecule is CCCCCCCCCCCC(=O)OC[C@H]1O[C@H](O[C@]2(CO)O[C@H](CO)[C@@H](O)[C@@H]2OC(=O)CCCCCCCCCCC)[C@H](O)[C@@H](O)[C@@H]1O. The number of hydrogen-bond donors (Lipinski definition) is 6. The molecule has 2 aliphatic heterocycles. The average molecular weight is 707 g/mol. The molecule has 0 bridgehead atoms. The number of rotatable bonds is 27. The average Bonchev–Trinajstić information content (AvgIpc) is 3.36. The summed E-state index contributed by atoms with van der Waals surface area (Å²) in [5, 5.41) is 62.8. The van der Waals surface area contributed by atoms with Crippen LogP contribution in [0.2, 0.25) is 0 Å². The fourth-order valence-electron chi connectivity index (χ4n) is 6.37. The molecule has 288 valence electrons. The van der Waals surface area contributed by atoms with Gasteiger partial charge < -0.3 is 54.3 Å². The zero-order chi connectivity index (χ0) is 36.1. The van der Waals surface area contributed by atoms with Gasteiger partial charge in [0.05, 0.1) is 6.61 Å². The summed E-state index contributed by atoms with van der Waals surface area (Å²) in [6, 6.07) is 0. The van der Waals surface area contributed by atoms with Crippen molar-refractivity contribution in [3.05, 3.63) is 0 Å². The molecule has 0 aromatic rings. The first kappa shape index (κ1) is 43.7. The van der Waals surface area contributed by atoms with Crippen LogP contribution >= 0.6 is 0 Å². The highest BCUT2D eigenvalue weighted by molar-refractivity contribution is 5.70. The quantitative estimate of drug-likeness (QED) is 0.0536. The fraction of sp³-hybridized carbons (Fsp3) is 0.944. The third-order valence-electron chi connectivity index (χ3n) is 9.50. The standard InChI is InChI=1S/C36H66O13/c1-3-5-7-9-11-13-15-17-19-21-28(39)45-24-27-30(41)32(43)33(44)35(46-27)49-36(25-38)34(31(42)26(23-37)48-36)47-29(40)22-20-18-16-14-12-10-8-6-4-2/h26-27,30-35,37-38,41-44H,3-25H2,1-2H3/t26-,27-,30-,31-,32+,33-,34+,35-,36+/m1/s1. The molecule has 0 saturated carbocycles. The number of carbonyl (C=O) groups excluding carboxylic acids is 2. The minimum absolute atomic E-state index is 0.0459. The molecule has 2 aliphatic rings. The Morgan fingerprint density at radius 3 is 1.59 bits per heavy atom. The Morgan fingerprint density at radius 1 is 0.612 bits per heavy atom. The van der Waals surface area contributed by atoms with E-state index in [9.17, 15) is 40.2 Å². The van der Waals surface area contributed by atoms with Crippen molar-refractivity contribution in [3.8, 4) is 0 Å². The molecule has 13 heteroatoms. The maximum absolute atomic E-state index is 12.8. The Labute approximate surface area is 292 Å². The van der Waals surface area contributed by atoms with Crippen molar-refractivity contribution in [3.63, 3.8) is 0 Å². The fourth-order valence-corrected chi connectivity index (χ4v) is 6.37. The topological polar surface area (TPSA) is 202 Å². The summed E-state index contributed by atoms with van der Waals surface area (Å²) in [5.74, 6) is -3.46. The molecule has 9 atom stereocenters. The molecule has 0 radical (unpaired) electrons. The number of unbranched alkanes of at least 4 members (excludes halogenated alkanes) is 16. The summed E-state index contributed by atoms with van der Waals surface area (Å²) in [7, 11) is 0. The molecule has 2 rings (SSSR count). The summed E-state index contributed by atoms with van der Waals surface area (Å²) < 4.78 is 27.9. The lowest BCUT2D eigenvalue weighted by Crippen LogP contribution is -2.63. The third-order valence-corrected chi connectivity index (χ3v) is 9.50. The number of aliphatic hydroxyl groups excluding tert-OH is 6. The van der Waals surface area contributed by atoms with Crippen molar-refractivity contribution in [2.45, 2.75) is 197 Å². The van der Waals surface area contributed by atoms with E-state index >= 15 is 0 Å². The first-order valence-electron chi connectivity index (χ1n) is 18.9. The molecule has 0 aliphatic carbocycles. The van der Waals surface area contributed by atoms with Crippen LogP contribution in [0.25, 0.3) is 0 Å². The smallest absolute Gasteiger partial charge is 0.306 e. The van der Waals surface area contributed by atoms with Gasteiger partial charge in [-0.2, -0.15) is 0 Å². The predicted molar refractivity (Wildman–Crippen MR) is 180 cm³/mol. The summed E-state index contributed by atoms with van der Waals surface area (Å²) in [4.78, 5) is 25.2. The van der Waals surface area contributed by atoms with Gasteiger partial charge in [0.2, 0.25) is 5.79 Å². The maximum Gasteiger partial charge on any atom is 0.306 e. The van der Waals surface area contributed by atoms with Gasteiger partial charge in [0.15, 0.2) is 12.4 Å². The highest BCUT2D eigenvalue weighted by Crippen LogP contribution is 2.38. The van der Waals surface area contributed by atoms with Crippen LogP contribution in [0.1, 0.15) is 142 Å². The predicted octanol–water partition coefficient (Wildman–Crippen LogP) is 3.55. The molecule has 49 heavy (non-hydrogen) atoms. The van der Waals surface area contributed by atoms with Crippen molar-refractivity contribution < 1.29 is 63.9 Å². The summed E-state index contributed by atoms with van der Waals surface area (Å²) in [6.45, 7) is 2.22. The van der Waals surface area contributed by atoms with Gasteiger partial charge in [-0.05, 0) is 12.8 Å². The van der Waals surface area contributed by atoms with Gasteiger partial charge in [-0.25, -0.2) is 0 Å². The summed E-state index contributed by atoms with van der Waals surface area (Å²) >= 11 is 0. The molecule has 6 N–H and O–H groups in total. The van der Waals surface area contributed by atoms with E-state index in [0.29, 0.717) is 12.8 Å². The largest absolute Gasteiger partial charge is 0.463 e. The van der Waals surface area contributed by atoms with Crippen molar-refractivity contribution in [1.29, 1.82) is 0 Å². The van der Waals surface area contributed by atoms with Crippen LogP contribution in [0.3, 0.4) is 0 Å². The van der Waals surface area contributed by atoms with Gasteiger partial charge in [-0.3, -0.25) is 9.59 Å². The Hall–Kier alpha value is -1.42. The van der Waals surface area contributed by atoms with Gasteiger partial charge in [0.25, 0.3) is 0 Å². The van der Waals surface area contributed by atoms with Crippen LogP contribution in [-0.4, -0.2) is 117 Å². The summed E-state index contributed by atoms with van der Waals surface area (Å²) in [5.41, 5.74) is 0. The number of ether oxygens (including phenoxy) is 5. The Balaban J connectivity index is 1.90. The van der Waals surface area contributed by atoms with Crippen LogP contribution in [0.15, 0.2) is 0 Å². The van der Waals surface area contributed by atoms with Gasteiger partial charge >= 0.3 is 11.9 Å². The second-order valence-corrected chi connectivity index (χ2v) is 13.7. The monoisotopic (exact) mass is 706 g/mol. The van der Waals surface area contributed by atoms with Crippen LogP contribution < -0.4 is 0 Å². The lowest BCUT2D eigenvalue weighted by molar-refractivity contribution is -0.383. The zero-order valence-electron chi connectivity index (χ0n) is 29.9. The number of aliphatic hydroxyl groups is 6. The molecule has 13 nitrogen and oxygen atoms in total. The molecule has 0 aromatic heterocycles. The van der Waals surface area contributed by atoms with Crippen LogP contribution in [-0.2, 0) is 33.3 Å². The highest BCUT2D eigenvalue weighted by atomic mass is 16.8. The second kappa shape index (κ2) is 24.7. The molecule has 0 aromatic carbocycles. The third kappa shape index (κ3) is 15.0. The normalized spacial score (nSPS) is 30.0. The molecule has 2 heterocycles. The lowest BCUT2D eigenvalue weighted by Gasteiger charge is -2.43. The maximum atomic E-state index is 12.8. The molecular weight excluding hydrogens is 640 g/mol. The zero-order valence-corrected chi connectivity index (χ0v) is 29.9. The minimum Gasteiger partial charge on any atom is -0.463 e. The molecule has 0 unspecified atom stereocenters. The van der Waals surface area contributed by atoms with Gasteiger partial charge in [0.1, 0.15) is 49.8 Å². The molecular formula is C36H66O13. The first-order chi connectivity index (χ1) is 23.6. The van der Waals surface area contributed by atoms with E-state index < -0.39 is 86.6 Å². The number of esters is 2. The van der Waals surface area contributed by atoms with Crippen molar-refractivity contribution in [2.24, 2.45) is 0 Å². The van der Waals surface area contributed by atoms with E-state index in [2.05, 4.69) is 13.8 Å². The Kier molecular flexibility index (Phi) is 22.1. The van der Waals surface area contributed by atoms with E-state index in [1.807, 2.05) is 0 Å². The molecule has 0 spiro atoms. The van der Waals surface area contributed by atoms with Gasteiger partial charge in [-0.15, -0.1) is 0 Å². The molecule has 0 amide bonds. The second-order valence-electron chi connectivity index (χ2n) is 13.7. The first-order valence-corrected chi connectivity index (χ1v) is 18.9. The van der Waals surface area contributed by atoms with Crippen LogP contribution in [0.4, 0.5) is 0 Å². The Morgan fingerprint density at radius 2 is 1.10 bits per heavy atom. The van der Waals surface area contributed by atoms with Crippen molar-refractivity contribution >= 4 is 11.9 Å². The number of hydrogen-bond acceptors (Lipinski definition) is 13. The number of carbonyl (C=O) groups is 2. The van der Waals surface area contributed by atoms with E-state index in [1.54, 1.807) is 0 Å². The van der Waals surface area contributed by atoms with Crippen LogP contribution in [0, 0.1) is 0 Å².